The maximum absolute atomic E-state index is 12.1. The van der Waals surface area contributed by atoms with Crippen LogP contribution in [0.4, 0.5) is 5.13 Å². The molecule has 226 valence electrons. The monoisotopic (exact) mass is 619 g/mol. The Hall–Kier alpha value is -1.72. The fraction of sp³-hybridized carbons (Fsp3) is 0.833. The van der Waals surface area contributed by atoms with E-state index in [1.54, 1.807) is 11.8 Å². The van der Waals surface area contributed by atoms with Crippen LogP contribution in [0.1, 0.15) is 71.6 Å². The highest BCUT2D eigenvalue weighted by Crippen LogP contribution is 2.33. The number of hydrogen-bond donors (Lipinski definition) is 4. The van der Waals surface area contributed by atoms with Gasteiger partial charge in [-0.2, -0.15) is 13.5 Å². The van der Waals surface area contributed by atoms with Crippen molar-refractivity contribution in [3.05, 3.63) is 0 Å². The molecule has 3 rings (SSSR count). The molecular formula is C24H41N7O6S3. The molecule has 1 amide bonds. The summed E-state index contributed by atoms with van der Waals surface area (Å²) in [6.07, 6.45) is 6.45. The summed E-state index contributed by atoms with van der Waals surface area (Å²) in [4.78, 5) is 25.7. The standard InChI is InChI=1S/C24H41N7O6S3/c1-3-38-24-30-29-23(39-24)28-27-20-11-10-19(15-21(20)26-16(2)32)31(13-4-5-22(33)34)18-8-6-17(7-9-18)25-12-14-40(35,36)37/h17-21,25H,3-15H2,1-2H3,(H,26,32)(H,33,34)(H,35,36,37). The van der Waals surface area contributed by atoms with Crippen LogP contribution in [0.2, 0.25) is 0 Å². The predicted octanol–water partition coefficient (Wildman–Crippen LogP) is 3.12. The zero-order valence-electron chi connectivity index (χ0n) is 23.1. The predicted molar refractivity (Wildman–Crippen MR) is 154 cm³/mol. The molecule has 2 fully saturated rings. The Labute approximate surface area is 244 Å². The van der Waals surface area contributed by atoms with Gasteiger partial charge in [0.1, 0.15) is 0 Å². The normalized spacial score (nSPS) is 25.9. The first kappa shape index (κ1) is 32.8. The first-order valence-corrected chi connectivity index (χ1v) is 17.3. The Morgan fingerprint density at radius 1 is 1.15 bits per heavy atom. The van der Waals surface area contributed by atoms with Crippen molar-refractivity contribution >= 4 is 50.2 Å². The number of azo groups is 1. The van der Waals surface area contributed by atoms with Gasteiger partial charge in [-0.1, -0.05) is 30.0 Å². The molecule has 3 atom stereocenters. The second kappa shape index (κ2) is 16.1. The Balaban J connectivity index is 1.64. The van der Waals surface area contributed by atoms with Gasteiger partial charge in [-0.15, -0.1) is 15.3 Å². The van der Waals surface area contributed by atoms with E-state index in [1.807, 2.05) is 6.92 Å². The number of thioether (sulfide) groups is 1. The lowest BCUT2D eigenvalue weighted by Crippen LogP contribution is -2.54. The number of carbonyl (C=O) groups is 2. The number of carboxylic acid groups (broad SMARTS) is 1. The molecule has 3 unspecified atom stereocenters. The number of rotatable bonds is 15. The summed E-state index contributed by atoms with van der Waals surface area (Å²) in [6.45, 7) is 4.41. The highest BCUT2D eigenvalue weighted by molar-refractivity contribution is 8.01. The number of carbonyl (C=O) groups excluding carboxylic acids is 1. The molecular weight excluding hydrogens is 579 g/mol. The molecule has 2 saturated carbocycles. The van der Waals surface area contributed by atoms with Crippen LogP contribution in [0, 0.1) is 0 Å². The molecule has 1 aromatic heterocycles. The lowest BCUT2D eigenvalue weighted by Gasteiger charge is -2.45. The van der Waals surface area contributed by atoms with Crippen LogP contribution in [0.25, 0.3) is 0 Å². The Kier molecular flexibility index (Phi) is 13.2. The summed E-state index contributed by atoms with van der Waals surface area (Å²) >= 11 is 2.99. The first-order valence-electron chi connectivity index (χ1n) is 13.8. The van der Waals surface area contributed by atoms with E-state index in [9.17, 15) is 23.1 Å². The first-order chi connectivity index (χ1) is 19.0. The Morgan fingerprint density at radius 3 is 2.52 bits per heavy atom. The van der Waals surface area contributed by atoms with Crippen LogP contribution in [0.5, 0.6) is 0 Å². The van der Waals surface area contributed by atoms with E-state index < -0.39 is 16.1 Å². The van der Waals surface area contributed by atoms with Crippen molar-refractivity contribution in [2.24, 2.45) is 10.2 Å². The zero-order chi connectivity index (χ0) is 29.1. The molecule has 0 aliphatic heterocycles. The van der Waals surface area contributed by atoms with Gasteiger partial charge in [0.05, 0.1) is 17.8 Å². The minimum Gasteiger partial charge on any atom is -0.481 e. The molecule has 1 aromatic rings. The summed E-state index contributed by atoms with van der Waals surface area (Å²) in [5.74, 6) is -0.353. The molecule has 2 aliphatic rings. The van der Waals surface area contributed by atoms with Gasteiger partial charge in [0.15, 0.2) is 4.34 Å². The van der Waals surface area contributed by atoms with E-state index in [-0.39, 0.29) is 54.8 Å². The number of hydrogen-bond acceptors (Lipinski definition) is 12. The fourth-order valence-corrected chi connectivity index (χ4v) is 7.56. The highest BCUT2D eigenvalue weighted by Gasteiger charge is 2.37. The summed E-state index contributed by atoms with van der Waals surface area (Å²) < 4.78 is 31.8. The molecule has 0 saturated heterocycles. The third-order valence-electron chi connectivity index (χ3n) is 7.36. The molecule has 2 aliphatic carbocycles. The van der Waals surface area contributed by atoms with E-state index in [0.717, 1.165) is 48.6 Å². The number of nitrogens with zero attached hydrogens (tertiary/aromatic N) is 5. The van der Waals surface area contributed by atoms with E-state index in [0.29, 0.717) is 24.5 Å². The quantitative estimate of drug-likeness (QED) is 0.128. The fourth-order valence-electron chi connectivity index (χ4n) is 5.62. The average molecular weight is 620 g/mol. The van der Waals surface area contributed by atoms with Crippen LogP contribution >= 0.6 is 23.1 Å². The SMILES string of the molecule is CCSc1nnc(N=NC2CCC(N(CCCC(=O)O)C3CCC(NCCS(=O)(=O)O)CC3)CC2NC(C)=O)s1. The lowest BCUT2D eigenvalue weighted by molar-refractivity contribution is -0.137. The van der Waals surface area contributed by atoms with Crippen molar-refractivity contribution in [1.29, 1.82) is 0 Å². The summed E-state index contributed by atoms with van der Waals surface area (Å²) in [5.41, 5.74) is 0. The molecule has 4 N–H and O–H groups in total. The van der Waals surface area contributed by atoms with Crippen molar-refractivity contribution in [3.63, 3.8) is 0 Å². The number of carboxylic acids is 1. The number of amides is 1. The number of aromatic nitrogens is 2. The smallest absolute Gasteiger partial charge is 0.303 e. The van der Waals surface area contributed by atoms with Crippen LogP contribution in [-0.4, -0.2) is 99.9 Å². The van der Waals surface area contributed by atoms with Crippen molar-refractivity contribution < 1.29 is 27.7 Å². The van der Waals surface area contributed by atoms with E-state index in [4.69, 9.17) is 4.55 Å². The van der Waals surface area contributed by atoms with Crippen molar-refractivity contribution in [2.45, 2.75) is 106 Å². The number of nitrogens with one attached hydrogen (secondary N) is 2. The van der Waals surface area contributed by atoms with Crippen molar-refractivity contribution in [1.82, 2.24) is 25.7 Å². The van der Waals surface area contributed by atoms with E-state index in [2.05, 4.69) is 36.0 Å². The molecule has 0 bridgehead atoms. The van der Waals surface area contributed by atoms with Gasteiger partial charge >= 0.3 is 5.97 Å². The Bertz CT molecular complexity index is 1090. The van der Waals surface area contributed by atoms with E-state index in [1.165, 1.54) is 18.3 Å². The topological polar surface area (TPSA) is 187 Å². The van der Waals surface area contributed by atoms with Gasteiger partial charge in [-0.05, 0) is 63.7 Å². The Morgan fingerprint density at radius 2 is 1.88 bits per heavy atom. The van der Waals surface area contributed by atoms with Crippen LogP contribution < -0.4 is 10.6 Å². The minimum absolute atomic E-state index is 0.0991. The van der Waals surface area contributed by atoms with Crippen molar-refractivity contribution in [3.8, 4) is 0 Å². The molecule has 40 heavy (non-hydrogen) atoms. The lowest BCUT2D eigenvalue weighted by atomic mass is 9.83. The number of aliphatic carboxylic acids is 1. The average Bonchev–Trinajstić information content (AvgIpc) is 3.33. The van der Waals surface area contributed by atoms with Crippen LogP contribution in [0.15, 0.2) is 14.6 Å². The third-order valence-corrected chi connectivity index (χ3v) is 9.91. The van der Waals surface area contributed by atoms with Gasteiger partial charge in [0.2, 0.25) is 5.91 Å². The molecule has 0 spiro atoms. The summed E-state index contributed by atoms with van der Waals surface area (Å²) in [6, 6.07) is 0.233. The maximum atomic E-state index is 12.1. The molecule has 13 nitrogen and oxygen atoms in total. The summed E-state index contributed by atoms with van der Waals surface area (Å²) in [5, 5.41) is 33.1. The van der Waals surface area contributed by atoms with Gasteiger partial charge in [0, 0.05) is 38.0 Å². The molecule has 1 heterocycles. The second-order valence-electron chi connectivity index (χ2n) is 10.3. The molecule has 0 aromatic carbocycles. The highest BCUT2D eigenvalue weighted by atomic mass is 32.2. The third kappa shape index (κ3) is 11.3. The van der Waals surface area contributed by atoms with Crippen LogP contribution in [-0.2, 0) is 19.7 Å². The van der Waals surface area contributed by atoms with Crippen molar-refractivity contribution in [2.75, 3.05) is 24.6 Å². The minimum atomic E-state index is -3.99. The van der Waals surface area contributed by atoms with Gasteiger partial charge in [0.25, 0.3) is 15.2 Å². The molecule has 0 radical (unpaired) electrons. The van der Waals surface area contributed by atoms with Gasteiger partial charge in [-0.25, -0.2) is 0 Å². The van der Waals surface area contributed by atoms with E-state index >= 15 is 0 Å². The maximum Gasteiger partial charge on any atom is 0.303 e. The van der Waals surface area contributed by atoms with Gasteiger partial charge < -0.3 is 15.7 Å². The zero-order valence-corrected chi connectivity index (χ0v) is 25.5. The van der Waals surface area contributed by atoms with Crippen LogP contribution in [0.3, 0.4) is 0 Å². The summed E-state index contributed by atoms with van der Waals surface area (Å²) in [7, 11) is -3.99. The second-order valence-corrected chi connectivity index (χ2v) is 14.4. The molecule has 16 heteroatoms. The largest absolute Gasteiger partial charge is 0.481 e. The van der Waals surface area contributed by atoms with Gasteiger partial charge in [-0.3, -0.25) is 19.0 Å².